The summed E-state index contributed by atoms with van der Waals surface area (Å²) in [5.74, 6) is 0.932. The van der Waals surface area contributed by atoms with E-state index < -0.39 is 11.8 Å². The van der Waals surface area contributed by atoms with E-state index in [9.17, 15) is 9.18 Å². The van der Waals surface area contributed by atoms with Crippen molar-refractivity contribution in [1.82, 2.24) is 20.1 Å². The first-order chi connectivity index (χ1) is 16.0. The van der Waals surface area contributed by atoms with E-state index in [0.29, 0.717) is 11.5 Å². The fourth-order valence-electron chi connectivity index (χ4n) is 3.31. The number of anilines is 1. The van der Waals surface area contributed by atoms with Crippen molar-refractivity contribution in [3.8, 4) is 5.69 Å². The lowest BCUT2D eigenvalue weighted by Gasteiger charge is -2.12. The molecule has 0 saturated heterocycles. The Morgan fingerprint density at radius 1 is 0.970 bits per heavy atom. The molecule has 0 radical (unpaired) electrons. The van der Waals surface area contributed by atoms with E-state index >= 15 is 0 Å². The number of hydrogen-bond donors (Lipinski definition) is 2. The van der Waals surface area contributed by atoms with Gasteiger partial charge in [-0.2, -0.15) is 0 Å². The van der Waals surface area contributed by atoms with E-state index in [0.717, 1.165) is 22.2 Å². The van der Waals surface area contributed by atoms with E-state index in [-0.39, 0.29) is 6.54 Å². The Kier molecular flexibility index (Phi) is 7.04. The highest BCUT2D eigenvalue weighted by Crippen LogP contribution is 2.26. The van der Waals surface area contributed by atoms with Crippen LogP contribution in [0.2, 0.25) is 0 Å². The van der Waals surface area contributed by atoms with Crippen LogP contribution in [-0.2, 0) is 12.3 Å². The van der Waals surface area contributed by atoms with E-state index in [4.69, 9.17) is 0 Å². The zero-order valence-corrected chi connectivity index (χ0v) is 19.2. The highest BCUT2D eigenvalue weighted by molar-refractivity contribution is 7.98. The Morgan fingerprint density at radius 2 is 1.76 bits per heavy atom. The highest BCUT2D eigenvalue weighted by atomic mass is 32.2. The quantitative estimate of drug-likeness (QED) is 0.350. The minimum absolute atomic E-state index is 0.160. The van der Waals surface area contributed by atoms with Crippen molar-refractivity contribution in [1.29, 1.82) is 0 Å². The van der Waals surface area contributed by atoms with E-state index in [1.165, 1.54) is 29.3 Å². The van der Waals surface area contributed by atoms with Gasteiger partial charge in [-0.15, -0.1) is 10.2 Å². The van der Waals surface area contributed by atoms with E-state index in [1.807, 2.05) is 41.8 Å². The van der Waals surface area contributed by atoms with Gasteiger partial charge in [0.15, 0.2) is 11.0 Å². The van der Waals surface area contributed by atoms with Gasteiger partial charge in [0.1, 0.15) is 5.82 Å². The Hall–Kier alpha value is -3.65. The first-order valence-corrected chi connectivity index (χ1v) is 11.5. The molecular weight excluding hydrogens is 437 g/mol. The number of thioether (sulfide) groups is 1. The second kappa shape index (κ2) is 10.3. The number of aryl methyl sites for hydroxylation is 2. The third kappa shape index (κ3) is 5.98. The maximum atomic E-state index is 13.4. The number of halogens is 1. The van der Waals surface area contributed by atoms with Gasteiger partial charge in [0.25, 0.3) is 0 Å². The Balaban J connectivity index is 1.51. The van der Waals surface area contributed by atoms with Crippen molar-refractivity contribution in [3.63, 3.8) is 0 Å². The normalized spacial score (nSPS) is 10.8. The maximum absolute atomic E-state index is 13.4. The molecular formula is C25H24FN5OS. The molecule has 4 rings (SSSR count). The summed E-state index contributed by atoms with van der Waals surface area (Å²) in [7, 11) is 0. The molecule has 4 aromatic rings. The molecule has 33 heavy (non-hydrogen) atoms. The zero-order chi connectivity index (χ0) is 23.2. The molecule has 1 aromatic heterocycles. The Bertz CT molecular complexity index is 1260. The van der Waals surface area contributed by atoms with Gasteiger partial charge in [-0.1, -0.05) is 65.4 Å². The van der Waals surface area contributed by atoms with Crippen molar-refractivity contribution < 1.29 is 9.18 Å². The minimum Gasteiger partial charge on any atom is -0.331 e. The zero-order valence-electron chi connectivity index (χ0n) is 18.4. The first-order valence-electron chi connectivity index (χ1n) is 10.5. The highest BCUT2D eigenvalue weighted by Gasteiger charge is 2.16. The van der Waals surface area contributed by atoms with Crippen LogP contribution in [0.4, 0.5) is 14.9 Å². The molecule has 0 atom stereocenters. The van der Waals surface area contributed by atoms with Crippen LogP contribution >= 0.6 is 11.8 Å². The lowest BCUT2D eigenvalue weighted by molar-refractivity contribution is 0.251. The average Bonchev–Trinajstić information content (AvgIpc) is 3.20. The third-order valence-corrected chi connectivity index (χ3v) is 5.93. The van der Waals surface area contributed by atoms with Gasteiger partial charge in [-0.3, -0.25) is 4.57 Å². The molecule has 2 amide bonds. The number of carbonyl (C=O) groups excluding carboxylic acids is 1. The summed E-state index contributed by atoms with van der Waals surface area (Å²) < 4.78 is 15.3. The summed E-state index contributed by atoms with van der Waals surface area (Å²) in [4.78, 5) is 12.3. The number of nitrogens with zero attached hydrogens (tertiary/aromatic N) is 3. The van der Waals surface area contributed by atoms with Gasteiger partial charge in [-0.05, 0) is 49.7 Å². The van der Waals surface area contributed by atoms with Crippen LogP contribution in [0.3, 0.4) is 0 Å². The van der Waals surface area contributed by atoms with Crippen LogP contribution in [0.1, 0.15) is 22.5 Å². The van der Waals surface area contributed by atoms with Gasteiger partial charge in [-0.25, -0.2) is 9.18 Å². The minimum atomic E-state index is -0.451. The van der Waals surface area contributed by atoms with Crippen molar-refractivity contribution >= 4 is 23.5 Å². The van der Waals surface area contributed by atoms with E-state index in [1.54, 1.807) is 17.8 Å². The Morgan fingerprint density at radius 3 is 2.52 bits per heavy atom. The van der Waals surface area contributed by atoms with Crippen LogP contribution in [0.25, 0.3) is 5.69 Å². The van der Waals surface area contributed by atoms with Crippen molar-refractivity contribution in [2.45, 2.75) is 31.3 Å². The number of rotatable bonds is 7. The molecule has 3 aromatic carbocycles. The molecule has 6 nitrogen and oxygen atoms in total. The molecule has 0 aliphatic carbocycles. The summed E-state index contributed by atoms with van der Waals surface area (Å²) in [6, 6.07) is 21.7. The van der Waals surface area contributed by atoms with Crippen LogP contribution in [0.5, 0.6) is 0 Å². The molecule has 0 aliphatic heterocycles. The topological polar surface area (TPSA) is 71.8 Å². The number of nitrogens with one attached hydrogen (secondary N) is 2. The van der Waals surface area contributed by atoms with Gasteiger partial charge < -0.3 is 10.6 Å². The molecule has 0 bridgehead atoms. The molecule has 0 saturated carbocycles. The Labute approximate surface area is 196 Å². The van der Waals surface area contributed by atoms with E-state index in [2.05, 4.69) is 46.0 Å². The van der Waals surface area contributed by atoms with Crippen molar-refractivity contribution in [3.05, 3.63) is 101 Å². The van der Waals surface area contributed by atoms with Crippen molar-refractivity contribution in [2.24, 2.45) is 0 Å². The molecule has 0 unspecified atom stereocenters. The predicted molar refractivity (Wildman–Crippen MR) is 129 cm³/mol. The maximum Gasteiger partial charge on any atom is 0.319 e. The number of carbonyl (C=O) groups is 1. The largest absolute Gasteiger partial charge is 0.331 e. The standard InChI is InChI=1S/C25H24FN5OS/c1-17-9-11-22(12-10-17)31-23(15-27-24(32)28-21-8-4-7-20(26)14-21)29-30-25(31)33-16-19-6-3-5-18(2)13-19/h3-14H,15-16H2,1-2H3,(H2,27,28,32). The van der Waals surface area contributed by atoms with Crippen LogP contribution in [-0.4, -0.2) is 20.8 Å². The summed E-state index contributed by atoms with van der Waals surface area (Å²) >= 11 is 1.59. The molecule has 8 heteroatoms. The molecule has 1 heterocycles. The van der Waals surface area contributed by atoms with Gasteiger partial charge in [0, 0.05) is 17.1 Å². The second-order valence-electron chi connectivity index (χ2n) is 7.67. The summed E-state index contributed by atoms with van der Waals surface area (Å²) in [5, 5.41) is 14.9. The van der Waals surface area contributed by atoms with Crippen molar-refractivity contribution in [2.75, 3.05) is 5.32 Å². The number of aromatic nitrogens is 3. The monoisotopic (exact) mass is 461 g/mol. The van der Waals surface area contributed by atoms with Crippen LogP contribution in [0.15, 0.2) is 78.0 Å². The molecule has 2 N–H and O–H groups in total. The van der Waals surface area contributed by atoms with Gasteiger partial charge in [0.05, 0.1) is 6.54 Å². The fourth-order valence-corrected chi connectivity index (χ4v) is 4.23. The molecule has 0 fully saturated rings. The number of amides is 2. The van der Waals surface area contributed by atoms with Gasteiger partial charge in [0.2, 0.25) is 0 Å². The summed E-state index contributed by atoms with van der Waals surface area (Å²) in [5.41, 5.74) is 4.85. The SMILES string of the molecule is Cc1ccc(-n2c(CNC(=O)Nc3cccc(F)c3)nnc2SCc2cccc(C)c2)cc1. The second-order valence-corrected chi connectivity index (χ2v) is 8.61. The summed E-state index contributed by atoms with van der Waals surface area (Å²) in [6.45, 7) is 4.26. The van der Waals surface area contributed by atoms with Gasteiger partial charge >= 0.3 is 6.03 Å². The van der Waals surface area contributed by atoms with Crippen LogP contribution in [0, 0.1) is 19.7 Å². The van der Waals surface area contributed by atoms with Crippen LogP contribution < -0.4 is 10.6 Å². The smallest absolute Gasteiger partial charge is 0.319 e. The lowest BCUT2D eigenvalue weighted by atomic mass is 10.2. The lowest BCUT2D eigenvalue weighted by Crippen LogP contribution is -2.29. The molecule has 0 aliphatic rings. The first kappa shape index (κ1) is 22.5. The number of benzene rings is 3. The number of urea groups is 1. The number of hydrogen-bond acceptors (Lipinski definition) is 4. The molecule has 168 valence electrons. The average molecular weight is 462 g/mol. The molecule has 0 spiro atoms. The summed E-state index contributed by atoms with van der Waals surface area (Å²) in [6.07, 6.45) is 0. The predicted octanol–water partition coefficient (Wildman–Crippen LogP) is 5.64. The third-order valence-electron chi connectivity index (χ3n) is 4.93. The fraction of sp³-hybridized carbons (Fsp3) is 0.160.